The Labute approximate surface area is 270 Å². The van der Waals surface area contributed by atoms with E-state index in [0.717, 1.165) is 4.31 Å². The fraction of sp³-hybridized carbons (Fsp3) is 0.375. The van der Waals surface area contributed by atoms with Crippen molar-refractivity contribution < 1.29 is 37.0 Å². The van der Waals surface area contributed by atoms with Gasteiger partial charge in [-0.2, -0.15) is 0 Å². The molecule has 3 rings (SSSR count). The molecular formula is C32H40ClN3O8S. The van der Waals surface area contributed by atoms with Crippen LogP contribution in [0.3, 0.4) is 0 Å². The molecule has 0 bridgehead atoms. The average molecular weight is 662 g/mol. The summed E-state index contributed by atoms with van der Waals surface area (Å²) in [5, 5.41) is 3.39. The Balaban J connectivity index is 2.20. The van der Waals surface area contributed by atoms with Gasteiger partial charge in [-0.25, -0.2) is 8.42 Å². The Morgan fingerprint density at radius 3 is 2.02 bits per heavy atom. The summed E-state index contributed by atoms with van der Waals surface area (Å²) < 4.78 is 51.3. The highest BCUT2D eigenvalue weighted by atomic mass is 35.5. The van der Waals surface area contributed by atoms with Crippen LogP contribution >= 0.6 is 11.6 Å². The number of carbonyl (C=O) groups is 2. The molecule has 0 aliphatic carbocycles. The SMILES string of the molecule is CC[C@@H](C(=O)NC(C)C)N(Cc1ccc(Cl)cc1)C(=O)CN(c1cc(OC)ccc1OC)S(=O)(=O)c1ccc(OC)c(OC)c1. The Hall–Kier alpha value is -4.16. The molecule has 1 N–H and O–H groups in total. The van der Waals surface area contributed by atoms with Crippen LogP contribution < -0.4 is 28.6 Å². The second-order valence-electron chi connectivity index (χ2n) is 10.3. The maximum absolute atomic E-state index is 14.4. The molecule has 0 aromatic heterocycles. The van der Waals surface area contributed by atoms with Gasteiger partial charge in [0, 0.05) is 29.7 Å². The maximum atomic E-state index is 14.4. The molecule has 2 amide bonds. The van der Waals surface area contributed by atoms with Crippen molar-refractivity contribution in [1.82, 2.24) is 10.2 Å². The van der Waals surface area contributed by atoms with Gasteiger partial charge in [0.1, 0.15) is 24.1 Å². The summed E-state index contributed by atoms with van der Waals surface area (Å²) in [6, 6.07) is 14.6. The van der Waals surface area contributed by atoms with Crippen molar-refractivity contribution in [3.05, 3.63) is 71.2 Å². The largest absolute Gasteiger partial charge is 0.497 e. The summed E-state index contributed by atoms with van der Waals surface area (Å²) in [5.41, 5.74) is 0.767. The molecule has 13 heteroatoms. The van der Waals surface area contributed by atoms with E-state index in [1.807, 2.05) is 13.8 Å². The number of halogens is 1. The average Bonchev–Trinajstić information content (AvgIpc) is 3.03. The topological polar surface area (TPSA) is 124 Å². The number of sulfonamides is 1. The minimum Gasteiger partial charge on any atom is -0.497 e. The first kappa shape index (κ1) is 35.3. The van der Waals surface area contributed by atoms with E-state index in [2.05, 4.69) is 5.32 Å². The van der Waals surface area contributed by atoms with Gasteiger partial charge in [-0.1, -0.05) is 30.7 Å². The highest BCUT2D eigenvalue weighted by Crippen LogP contribution is 2.38. The van der Waals surface area contributed by atoms with Crippen LogP contribution in [-0.4, -0.2) is 72.2 Å². The Bertz CT molecular complexity index is 1580. The molecule has 0 saturated carbocycles. The fourth-order valence-electron chi connectivity index (χ4n) is 4.70. The zero-order chi connectivity index (χ0) is 33.3. The van der Waals surface area contributed by atoms with Crippen LogP contribution in [0.1, 0.15) is 32.8 Å². The van der Waals surface area contributed by atoms with E-state index in [1.54, 1.807) is 43.3 Å². The minimum absolute atomic E-state index is 0.0273. The molecule has 45 heavy (non-hydrogen) atoms. The minimum atomic E-state index is -4.45. The molecule has 1 atom stereocenters. The maximum Gasteiger partial charge on any atom is 0.265 e. The predicted octanol–water partition coefficient (Wildman–Crippen LogP) is 4.90. The van der Waals surface area contributed by atoms with E-state index < -0.39 is 28.5 Å². The van der Waals surface area contributed by atoms with Gasteiger partial charge in [-0.05, 0) is 62.2 Å². The molecule has 3 aromatic rings. The molecular weight excluding hydrogens is 622 g/mol. The Morgan fingerprint density at radius 1 is 0.844 bits per heavy atom. The van der Waals surface area contributed by atoms with Crippen LogP contribution in [0.5, 0.6) is 23.0 Å². The lowest BCUT2D eigenvalue weighted by Crippen LogP contribution is -2.53. The number of benzene rings is 3. The fourth-order valence-corrected chi connectivity index (χ4v) is 6.25. The first-order valence-corrected chi connectivity index (χ1v) is 16.0. The smallest absolute Gasteiger partial charge is 0.265 e. The van der Waals surface area contributed by atoms with Gasteiger partial charge < -0.3 is 29.2 Å². The van der Waals surface area contributed by atoms with Crippen LogP contribution in [-0.2, 0) is 26.2 Å². The van der Waals surface area contributed by atoms with E-state index in [1.165, 1.54) is 57.6 Å². The summed E-state index contributed by atoms with van der Waals surface area (Å²) in [6.45, 7) is 4.79. The number of anilines is 1. The summed E-state index contributed by atoms with van der Waals surface area (Å²) in [6.07, 6.45) is 0.281. The summed E-state index contributed by atoms with van der Waals surface area (Å²) >= 11 is 6.09. The van der Waals surface area contributed by atoms with E-state index >= 15 is 0 Å². The number of methoxy groups -OCH3 is 4. The number of amides is 2. The Morgan fingerprint density at radius 2 is 1.47 bits per heavy atom. The summed E-state index contributed by atoms with van der Waals surface area (Å²) in [5.74, 6) is 0.0538. The molecule has 0 heterocycles. The van der Waals surface area contributed by atoms with Crippen LogP contribution in [0, 0.1) is 0 Å². The molecule has 11 nitrogen and oxygen atoms in total. The van der Waals surface area contributed by atoms with E-state index in [9.17, 15) is 18.0 Å². The van der Waals surface area contributed by atoms with Gasteiger partial charge in [0.2, 0.25) is 11.8 Å². The molecule has 0 aliphatic rings. The van der Waals surface area contributed by atoms with Gasteiger partial charge in [0.15, 0.2) is 11.5 Å². The molecule has 0 unspecified atom stereocenters. The second-order valence-corrected chi connectivity index (χ2v) is 12.6. The van der Waals surface area contributed by atoms with Gasteiger partial charge in [0.05, 0.1) is 39.0 Å². The van der Waals surface area contributed by atoms with Crippen molar-refractivity contribution in [2.45, 2.75) is 50.7 Å². The van der Waals surface area contributed by atoms with Crippen LogP contribution in [0.4, 0.5) is 5.69 Å². The zero-order valence-corrected chi connectivity index (χ0v) is 28.1. The van der Waals surface area contributed by atoms with Crippen molar-refractivity contribution in [2.75, 3.05) is 39.3 Å². The van der Waals surface area contributed by atoms with Crippen molar-refractivity contribution in [2.24, 2.45) is 0 Å². The monoisotopic (exact) mass is 661 g/mol. The van der Waals surface area contributed by atoms with Crippen molar-refractivity contribution in [1.29, 1.82) is 0 Å². The number of hydrogen-bond donors (Lipinski definition) is 1. The third-order valence-electron chi connectivity index (χ3n) is 6.96. The Kier molecular flexibility index (Phi) is 12.3. The highest BCUT2D eigenvalue weighted by molar-refractivity contribution is 7.92. The third kappa shape index (κ3) is 8.52. The number of ether oxygens (including phenoxy) is 4. The first-order valence-electron chi connectivity index (χ1n) is 14.2. The molecule has 3 aromatic carbocycles. The van der Waals surface area contributed by atoms with Crippen LogP contribution in [0.25, 0.3) is 0 Å². The lowest BCUT2D eigenvalue weighted by atomic mass is 10.1. The molecule has 244 valence electrons. The number of carbonyl (C=O) groups excluding carboxylic acids is 2. The summed E-state index contributed by atoms with van der Waals surface area (Å²) in [7, 11) is 1.21. The first-order chi connectivity index (χ1) is 21.4. The molecule has 0 radical (unpaired) electrons. The predicted molar refractivity (Wildman–Crippen MR) is 173 cm³/mol. The normalized spacial score (nSPS) is 11.8. The van der Waals surface area contributed by atoms with Gasteiger partial charge >= 0.3 is 0 Å². The quantitative estimate of drug-likeness (QED) is 0.244. The second kappa shape index (κ2) is 15.7. The lowest BCUT2D eigenvalue weighted by Gasteiger charge is -2.34. The third-order valence-corrected chi connectivity index (χ3v) is 8.97. The zero-order valence-electron chi connectivity index (χ0n) is 26.5. The number of hydrogen-bond acceptors (Lipinski definition) is 8. The highest BCUT2D eigenvalue weighted by Gasteiger charge is 2.35. The van der Waals surface area contributed by atoms with Crippen molar-refractivity contribution >= 4 is 39.1 Å². The van der Waals surface area contributed by atoms with Crippen molar-refractivity contribution in [3.8, 4) is 23.0 Å². The van der Waals surface area contributed by atoms with Gasteiger partial charge in [-0.3, -0.25) is 13.9 Å². The molecule has 0 saturated heterocycles. The number of rotatable bonds is 15. The van der Waals surface area contributed by atoms with Gasteiger partial charge in [0.25, 0.3) is 10.0 Å². The van der Waals surface area contributed by atoms with Gasteiger partial charge in [-0.15, -0.1) is 0 Å². The standard InChI is InChI=1S/C32H40ClN3O8S/c1-8-26(32(38)34-21(2)3)35(19-22-9-11-23(33)12-10-22)31(37)20-36(27-17-24(41-4)13-15-28(27)42-5)45(39,40)25-14-16-29(43-6)30(18-25)44-7/h9-18,21,26H,8,19-20H2,1-7H3,(H,34,38)/t26-/m0/s1. The van der Waals surface area contributed by atoms with Crippen LogP contribution in [0.15, 0.2) is 65.6 Å². The van der Waals surface area contributed by atoms with E-state index in [0.29, 0.717) is 22.1 Å². The number of nitrogens with zero attached hydrogens (tertiary/aromatic N) is 2. The van der Waals surface area contributed by atoms with E-state index in [-0.39, 0.29) is 47.0 Å². The van der Waals surface area contributed by atoms with E-state index in [4.69, 9.17) is 30.5 Å². The molecule has 0 spiro atoms. The number of nitrogens with one attached hydrogen (secondary N) is 1. The lowest BCUT2D eigenvalue weighted by molar-refractivity contribution is -0.140. The van der Waals surface area contributed by atoms with Crippen LogP contribution in [0.2, 0.25) is 5.02 Å². The molecule has 0 fully saturated rings. The summed E-state index contributed by atoms with van der Waals surface area (Å²) in [4.78, 5) is 28.9. The molecule has 0 aliphatic heterocycles. The van der Waals surface area contributed by atoms with Crippen molar-refractivity contribution in [3.63, 3.8) is 0 Å².